The molecule has 0 unspecified atom stereocenters. The van der Waals surface area contributed by atoms with Gasteiger partial charge in [0.15, 0.2) is 11.9 Å². The molecule has 0 aromatic heterocycles. The lowest BCUT2D eigenvalue weighted by Gasteiger charge is -2.30. The molecule has 0 amide bonds. The van der Waals surface area contributed by atoms with Crippen LogP contribution in [-0.4, -0.2) is 37.7 Å². The molecule has 1 saturated heterocycles. The van der Waals surface area contributed by atoms with Crippen LogP contribution in [0, 0.1) is 0 Å². The maximum atomic E-state index is 12.5. The molecule has 0 radical (unpaired) electrons. The summed E-state index contributed by atoms with van der Waals surface area (Å²) in [6.45, 7) is 1.47. The summed E-state index contributed by atoms with van der Waals surface area (Å²) < 4.78 is 21.4. The maximum absolute atomic E-state index is 12.5. The number of rotatable bonds is 2. The number of esters is 1. The van der Waals surface area contributed by atoms with Gasteiger partial charge in [-0.3, -0.25) is 4.79 Å². The van der Waals surface area contributed by atoms with Crippen LogP contribution in [-0.2, 0) is 29.7 Å². The van der Waals surface area contributed by atoms with Gasteiger partial charge in [-0.1, -0.05) is 24.3 Å². The number of carbonyl (C=O) groups excluding carboxylic acids is 2. The number of ketones is 1. The van der Waals surface area contributed by atoms with E-state index >= 15 is 0 Å². The van der Waals surface area contributed by atoms with Gasteiger partial charge in [-0.05, 0) is 6.92 Å². The van der Waals surface area contributed by atoms with Crippen LogP contribution in [0.15, 0.2) is 24.3 Å². The van der Waals surface area contributed by atoms with Crippen LogP contribution in [0.2, 0.25) is 0 Å². The number of fused-ring (bicyclic) bond motifs is 4. The number of Topliss-reactive ketones (excluding diaryl/α,β-unsaturated/α-hetero) is 1. The maximum Gasteiger partial charge on any atom is 0.341 e. The second-order valence-corrected chi connectivity index (χ2v) is 4.87. The Bertz CT molecular complexity index is 597. The zero-order valence-corrected chi connectivity index (χ0v) is 11.3. The Hall–Kier alpha value is -1.76. The van der Waals surface area contributed by atoms with Crippen LogP contribution < -0.4 is 0 Å². The molecule has 106 valence electrons. The summed E-state index contributed by atoms with van der Waals surface area (Å²) in [6, 6.07) is 6.82. The summed E-state index contributed by atoms with van der Waals surface area (Å²) in [6.07, 6.45) is -1.09. The lowest BCUT2D eigenvalue weighted by atomic mass is 9.90. The second kappa shape index (κ2) is 4.12. The minimum absolute atomic E-state index is 0.321. The van der Waals surface area contributed by atoms with Gasteiger partial charge in [-0.15, -0.1) is 0 Å². The van der Waals surface area contributed by atoms with E-state index in [1.165, 1.54) is 21.1 Å². The Labute approximate surface area is 115 Å². The van der Waals surface area contributed by atoms with E-state index in [1.54, 1.807) is 24.3 Å². The molecule has 0 aliphatic carbocycles. The summed E-state index contributed by atoms with van der Waals surface area (Å²) in [5.41, 5.74) is -0.657. The Morgan fingerprint density at radius 1 is 1.30 bits per heavy atom. The molecule has 3 rings (SSSR count). The fourth-order valence-corrected chi connectivity index (χ4v) is 2.70. The van der Waals surface area contributed by atoms with E-state index < -0.39 is 23.6 Å². The molecule has 1 aromatic carbocycles. The van der Waals surface area contributed by atoms with Gasteiger partial charge in [0.25, 0.3) is 0 Å². The molecule has 20 heavy (non-hydrogen) atoms. The summed E-state index contributed by atoms with van der Waals surface area (Å²) in [5.74, 6) is -2.56. The van der Waals surface area contributed by atoms with Crippen LogP contribution in [0.4, 0.5) is 0 Å². The number of hydrogen-bond donors (Lipinski definition) is 0. The van der Waals surface area contributed by atoms with E-state index in [0.29, 0.717) is 11.1 Å². The topological polar surface area (TPSA) is 71.1 Å². The highest BCUT2D eigenvalue weighted by Gasteiger charge is 2.67. The molecule has 6 heteroatoms. The third-order valence-corrected chi connectivity index (χ3v) is 3.74. The first-order valence-electron chi connectivity index (χ1n) is 6.14. The fourth-order valence-electron chi connectivity index (χ4n) is 2.70. The van der Waals surface area contributed by atoms with Gasteiger partial charge < -0.3 is 18.9 Å². The largest absolute Gasteiger partial charge is 0.467 e. The Morgan fingerprint density at radius 3 is 2.65 bits per heavy atom. The molecule has 1 fully saturated rings. The van der Waals surface area contributed by atoms with Gasteiger partial charge in [0.1, 0.15) is 0 Å². The Balaban J connectivity index is 2.19. The predicted molar refractivity (Wildman–Crippen MR) is 65.8 cm³/mol. The highest BCUT2D eigenvalue weighted by atomic mass is 16.9. The van der Waals surface area contributed by atoms with E-state index in [-0.39, 0.29) is 5.78 Å². The summed E-state index contributed by atoms with van der Waals surface area (Å²) in [7, 11) is 2.63. The SMILES string of the molecule is COC(=O)[C@]1(C)O[C@]2(OC)O[C@H]1C(=O)c1ccccc12. The van der Waals surface area contributed by atoms with Crippen LogP contribution in [0.1, 0.15) is 22.8 Å². The molecule has 0 N–H and O–H groups in total. The van der Waals surface area contributed by atoms with E-state index in [4.69, 9.17) is 18.9 Å². The molecular weight excluding hydrogens is 264 g/mol. The molecule has 1 aromatic rings. The molecule has 3 atom stereocenters. The average Bonchev–Trinajstić information content (AvgIpc) is 2.77. The van der Waals surface area contributed by atoms with Gasteiger partial charge in [0.2, 0.25) is 5.60 Å². The first kappa shape index (κ1) is 13.2. The van der Waals surface area contributed by atoms with Crippen LogP contribution in [0.3, 0.4) is 0 Å². The number of carbonyl (C=O) groups is 2. The third-order valence-electron chi connectivity index (χ3n) is 3.74. The van der Waals surface area contributed by atoms with Crippen LogP contribution in [0.25, 0.3) is 0 Å². The summed E-state index contributed by atoms with van der Waals surface area (Å²) in [4.78, 5) is 24.5. The van der Waals surface area contributed by atoms with Crippen molar-refractivity contribution in [3.8, 4) is 0 Å². The molecule has 2 heterocycles. The average molecular weight is 278 g/mol. The summed E-state index contributed by atoms with van der Waals surface area (Å²) >= 11 is 0. The van der Waals surface area contributed by atoms with Gasteiger partial charge in [-0.25, -0.2) is 4.79 Å². The highest BCUT2D eigenvalue weighted by molar-refractivity contribution is 6.06. The third kappa shape index (κ3) is 1.44. The van der Waals surface area contributed by atoms with E-state index in [9.17, 15) is 9.59 Å². The molecule has 2 aliphatic heterocycles. The van der Waals surface area contributed by atoms with Crippen molar-refractivity contribution in [2.75, 3.05) is 14.2 Å². The van der Waals surface area contributed by atoms with Gasteiger partial charge in [0, 0.05) is 12.7 Å². The van der Waals surface area contributed by atoms with Crippen molar-refractivity contribution in [3.05, 3.63) is 35.4 Å². The first-order chi connectivity index (χ1) is 9.48. The fraction of sp³-hybridized carbons (Fsp3) is 0.429. The van der Waals surface area contributed by atoms with Gasteiger partial charge >= 0.3 is 11.9 Å². The van der Waals surface area contributed by atoms with Gasteiger partial charge in [0.05, 0.1) is 12.7 Å². The number of benzene rings is 1. The van der Waals surface area contributed by atoms with E-state index in [2.05, 4.69) is 0 Å². The van der Waals surface area contributed by atoms with Crippen molar-refractivity contribution >= 4 is 11.8 Å². The van der Waals surface area contributed by atoms with E-state index in [0.717, 1.165) is 0 Å². The standard InChI is InChI=1S/C14H14O6/c1-13(12(16)17-2)11-10(15)8-6-4-5-7-9(8)14(18-3,19-11)20-13/h4-7,11H,1-3H3/t11-,13+,14+/m0/s1. The molecule has 6 nitrogen and oxygen atoms in total. The van der Waals surface area contributed by atoms with Crippen molar-refractivity contribution in [1.82, 2.24) is 0 Å². The predicted octanol–water partition coefficient (Wildman–Crippen LogP) is 0.987. The quantitative estimate of drug-likeness (QED) is 0.751. The number of hydrogen-bond acceptors (Lipinski definition) is 6. The lowest BCUT2D eigenvalue weighted by Crippen LogP contribution is -2.49. The Kier molecular flexibility index (Phi) is 2.72. The zero-order valence-electron chi connectivity index (χ0n) is 11.3. The normalized spacial score (nSPS) is 34.8. The highest BCUT2D eigenvalue weighted by Crippen LogP contribution is 2.49. The number of ether oxygens (including phenoxy) is 4. The van der Waals surface area contributed by atoms with Crippen molar-refractivity contribution < 1.29 is 28.5 Å². The minimum Gasteiger partial charge on any atom is -0.467 e. The molecule has 0 spiro atoms. The van der Waals surface area contributed by atoms with Crippen LogP contribution >= 0.6 is 0 Å². The number of methoxy groups -OCH3 is 2. The van der Waals surface area contributed by atoms with Gasteiger partial charge in [-0.2, -0.15) is 0 Å². The van der Waals surface area contributed by atoms with Crippen molar-refractivity contribution in [3.63, 3.8) is 0 Å². The summed E-state index contributed by atoms with van der Waals surface area (Å²) in [5, 5.41) is 0. The van der Waals surface area contributed by atoms with Crippen LogP contribution in [0.5, 0.6) is 0 Å². The van der Waals surface area contributed by atoms with Crippen molar-refractivity contribution in [1.29, 1.82) is 0 Å². The zero-order chi connectivity index (χ0) is 14.5. The molecule has 2 bridgehead atoms. The monoisotopic (exact) mass is 278 g/mol. The Morgan fingerprint density at radius 2 is 2.00 bits per heavy atom. The molecule has 2 aliphatic rings. The minimum atomic E-state index is -1.56. The smallest absolute Gasteiger partial charge is 0.341 e. The van der Waals surface area contributed by atoms with Crippen molar-refractivity contribution in [2.24, 2.45) is 0 Å². The lowest BCUT2D eigenvalue weighted by molar-refractivity contribution is -0.348. The first-order valence-corrected chi connectivity index (χ1v) is 6.14. The molecular formula is C14H14O6. The van der Waals surface area contributed by atoms with Crippen molar-refractivity contribution in [2.45, 2.75) is 24.6 Å². The molecule has 0 saturated carbocycles. The van der Waals surface area contributed by atoms with E-state index in [1.807, 2.05) is 0 Å². The second-order valence-electron chi connectivity index (χ2n) is 4.87.